The Labute approximate surface area is 86.6 Å². The second-order valence-corrected chi connectivity index (χ2v) is 3.31. The van der Waals surface area contributed by atoms with E-state index in [9.17, 15) is 0 Å². The molecule has 0 fully saturated rings. The number of hydrogen-bond donors (Lipinski definition) is 2. The zero-order valence-corrected chi connectivity index (χ0v) is 8.18. The molecule has 0 aromatic heterocycles. The van der Waals surface area contributed by atoms with Gasteiger partial charge in [-0.1, -0.05) is 35.9 Å². The van der Waals surface area contributed by atoms with E-state index < -0.39 is 7.12 Å². The molecule has 0 radical (unpaired) electrons. The predicted octanol–water partition coefficient (Wildman–Crippen LogP) is 1.32. The standard InChI is InChI=1S/C8H7BCl2O2/c1-2-6-7(9(12)13)3-5(10)4-8(6)11/h2-4,12-13H,1H2. The highest BCUT2D eigenvalue weighted by Crippen LogP contribution is 2.20. The Balaban J connectivity index is 3.38. The smallest absolute Gasteiger partial charge is 0.423 e. The minimum absolute atomic E-state index is 0.257. The van der Waals surface area contributed by atoms with Crippen LogP contribution in [0.4, 0.5) is 0 Å². The minimum Gasteiger partial charge on any atom is -0.423 e. The van der Waals surface area contributed by atoms with Crippen LogP contribution in [0.25, 0.3) is 6.08 Å². The fourth-order valence-electron chi connectivity index (χ4n) is 1.03. The van der Waals surface area contributed by atoms with Crippen molar-refractivity contribution in [2.24, 2.45) is 0 Å². The maximum absolute atomic E-state index is 8.98. The van der Waals surface area contributed by atoms with Gasteiger partial charge in [0.05, 0.1) is 0 Å². The molecule has 1 rings (SSSR count). The lowest BCUT2D eigenvalue weighted by molar-refractivity contribution is 0.425. The molecule has 0 unspecified atom stereocenters. The third kappa shape index (κ3) is 2.26. The van der Waals surface area contributed by atoms with E-state index in [1.54, 1.807) is 0 Å². The first-order valence-electron chi connectivity index (χ1n) is 3.53. The van der Waals surface area contributed by atoms with E-state index in [4.69, 9.17) is 33.2 Å². The van der Waals surface area contributed by atoms with Crippen LogP contribution in [0.5, 0.6) is 0 Å². The first-order valence-corrected chi connectivity index (χ1v) is 4.29. The maximum atomic E-state index is 8.98. The van der Waals surface area contributed by atoms with Gasteiger partial charge >= 0.3 is 7.12 Å². The van der Waals surface area contributed by atoms with Crippen molar-refractivity contribution in [3.8, 4) is 0 Å². The largest absolute Gasteiger partial charge is 0.489 e. The van der Waals surface area contributed by atoms with Gasteiger partial charge in [-0.15, -0.1) is 0 Å². The highest BCUT2D eigenvalue weighted by atomic mass is 35.5. The summed E-state index contributed by atoms with van der Waals surface area (Å²) in [5.74, 6) is 0. The summed E-state index contributed by atoms with van der Waals surface area (Å²) in [5.41, 5.74) is 0.744. The molecule has 0 saturated heterocycles. The molecule has 5 heteroatoms. The lowest BCUT2D eigenvalue weighted by Crippen LogP contribution is -2.32. The fourth-order valence-corrected chi connectivity index (χ4v) is 1.62. The molecule has 0 atom stereocenters. The highest BCUT2D eigenvalue weighted by Gasteiger charge is 2.17. The van der Waals surface area contributed by atoms with Crippen LogP contribution < -0.4 is 5.46 Å². The molecule has 0 bridgehead atoms. The topological polar surface area (TPSA) is 40.5 Å². The van der Waals surface area contributed by atoms with E-state index in [0.717, 1.165) is 0 Å². The van der Waals surface area contributed by atoms with E-state index in [2.05, 4.69) is 6.58 Å². The summed E-state index contributed by atoms with van der Waals surface area (Å²) >= 11 is 11.5. The highest BCUT2D eigenvalue weighted by molar-refractivity contribution is 6.60. The molecule has 0 aliphatic carbocycles. The summed E-state index contributed by atoms with van der Waals surface area (Å²) in [6, 6.07) is 2.96. The van der Waals surface area contributed by atoms with Crippen molar-refractivity contribution < 1.29 is 10.0 Å². The number of hydrogen-bond acceptors (Lipinski definition) is 2. The van der Waals surface area contributed by atoms with Gasteiger partial charge in [-0.3, -0.25) is 0 Å². The number of halogens is 2. The average Bonchev–Trinajstić information content (AvgIpc) is 2.02. The summed E-state index contributed by atoms with van der Waals surface area (Å²) in [5, 5.41) is 18.7. The van der Waals surface area contributed by atoms with Crippen LogP contribution in [-0.2, 0) is 0 Å². The van der Waals surface area contributed by atoms with Gasteiger partial charge < -0.3 is 10.0 Å². The third-order valence-corrected chi connectivity index (χ3v) is 2.14. The predicted molar refractivity (Wildman–Crippen MR) is 56.4 cm³/mol. The van der Waals surface area contributed by atoms with Crippen LogP contribution in [0.1, 0.15) is 5.56 Å². The summed E-state index contributed by atoms with van der Waals surface area (Å²) in [4.78, 5) is 0. The fraction of sp³-hybridized carbons (Fsp3) is 0. The Hall–Kier alpha value is -0.475. The Morgan fingerprint density at radius 1 is 1.31 bits per heavy atom. The van der Waals surface area contributed by atoms with Crippen molar-refractivity contribution in [3.63, 3.8) is 0 Å². The van der Waals surface area contributed by atoms with Crippen molar-refractivity contribution in [2.45, 2.75) is 0 Å². The van der Waals surface area contributed by atoms with Crippen molar-refractivity contribution >= 4 is 41.9 Å². The molecule has 0 amide bonds. The number of benzene rings is 1. The number of rotatable bonds is 2. The molecule has 0 heterocycles. The molecule has 1 aromatic carbocycles. The normalized spacial score (nSPS) is 9.85. The van der Waals surface area contributed by atoms with Gasteiger partial charge in [-0.25, -0.2) is 0 Å². The third-order valence-electron chi connectivity index (χ3n) is 1.61. The van der Waals surface area contributed by atoms with Crippen molar-refractivity contribution in [3.05, 3.63) is 34.3 Å². The van der Waals surface area contributed by atoms with E-state index in [1.165, 1.54) is 18.2 Å². The Morgan fingerprint density at radius 3 is 2.38 bits per heavy atom. The zero-order chi connectivity index (χ0) is 10.0. The van der Waals surface area contributed by atoms with Gasteiger partial charge in [-0.05, 0) is 23.2 Å². The monoisotopic (exact) mass is 216 g/mol. The van der Waals surface area contributed by atoms with Crippen molar-refractivity contribution in [1.29, 1.82) is 0 Å². The molecule has 2 nitrogen and oxygen atoms in total. The second-order valence-electron chi connectivity index (χ2n) is 2.47. The van der Waals surface area contributed by atoms with Crippen molar-refractivity contribution in [1.82, 2.24) is 0 Å². The Bertz CT molecular complexity index is 339. The molecule has 0 aliphatic rings. The minimum atomic E-state index is -1.59. The molecule has 1 aromatic rings. The molecule has 68 valence electrons. The van der Waals surface area contributed by atoms with E-state index in [0.29, 0.717) is 15.6 Å². The summed E-state index contributed by atoms with van der Waals surface area (Å²) in [6.45, 7) is 3.51. The van der Waals surface area contributed by atoms with Gasteiger partial charge in [0, 0.05) is 10.0 Å². The van der Waals surface area contributed by atoms with Gasteiger partial charge in [-0.2, -0.15) is 0 Å². The zero-order valence-electron chi connectivity index (χ0n) is 6.67. The first kappa shape index (κ1) is 10.6. The molecule has 13 heavy (non-hydrogen) atoms. The van der Waals surface area contributed by atoms with Crippen LogP contribution in [0.15, 0.2) is 18.7 Å². The summed E-state index contributed by atoms with van der Waals surface area (Å²) < 4.78 is 0. The lowest BCUT2D eigenvalue weighted by atomic mass is 9.77. The maximum Gasteiger partial charge on any atom is 0.489 e. The Morgan fingerprint density at radius 2 is 1.92 bits per heavy atom. The van der Waals surface area contributed by atoms with Crippen LogP contribution in [-0.4, -0.2) is 17.2 Å². The van der Waals surface area contributed by atoms with Crippen molar-refractivity contribution in [2.75, 3.05) is 0 Å². The van der Waals surface area contributed by atoms with Crippen LogP contribution in [0.3, 0.4) is 0 Å². The first-order chi connectivity index (χ1) is 6.06. The van der Waals surface area contributed by atoms with E-state index in [1.807, 2.05) is 0 Å². The van der Waals surface area contributed by atoms with Gasteiger partial charge in [0.2, 0.25) is 0 Å². The van der Waals surface area contributed by atoms with E-state index in [-0.39, 0.29) is 5.46 Å². The van der Waals surface area contributed by atoms with Crippen LogP contribution in [0.2, 0.25) is 10.0 Å². The summed E-state index contributed by atoms with van der Waals surface area (Å²) in [6.07, 6.45) is 1.45. The quantitative estimate of drug-likeness (QED) is 0.733. The average molecular weight is 217 g/mol. The molecule has 0 aliphatic heterocycles. The van der Waals surface area contributed by atoms with Crippen LogP contribution in [0, 0.1) is 0 Å². The summed E-state index contributed by atoms with van der Waals surface area (Å²) in [7, 11) is -1.59. The van der Waals surface area contributed by atoms with Gasteiger partial charge in [0.25, 0.3) is 0 Å². The molecule has 2 N–H and O–H groups in total. The molecular formula is C8H7BCl2O2. The van der Waals surface area contributed by atoms with E-state index >= 15 is 0 Å². The molecule has 0 saturated carbocycles. The van der Waals surface area contributed by atoms with Gasteiger partial charge in [0.1, 0.15) is 0 Å². The lowest BCUT2D eigenvalue weighted by Gasteiger charge is -2.07. The SMILES string of the molecule is C=Cc1c(Cl)cc(Cl)cc1B(O)O. The second kappa shape index (κ2) is 4.16. The molecule has 0 spiro atoms. The van der Waals surface area contributed by atoms with Crippen LogP contribution >= 0.6 is 23.2 Å². The van der Waals surface area contributed by atoms with Gasteiger partial charge in [0.15, 0.2) is 0 Å². The molecular weight excluding hydrogens is 210 g/mol. The Kier molecular flexibility index (Phi) is 3.39.